The van der Waals surface area contributed by atoms with E-state index in [0.717, 1.165) is 12.8 Å². The fourth-order valence-electron chi connectivity index (χ4n) is 1.33. The predicted octanol–water partition coefficient (Wildman–Crippen LogP) is 1.39. The molecule has 4 heteroatoms. The number of Topliss-reactive ketones (excluding diaryl/α,β-unsaturated/α-hetero) is 1. The highest BCUT2D eigenvalue weighted by Crippen LogP contribution is 2.29. The lowest BCUT2D eigenvalue weighted by atomic mass is 10.2. The maximum atomic E-state index is 11.3. The number of carbonyl (C=O) groups excluding carboxylic acids is 2. The highest BCUT2D eigenvalue weighted by Gasteiger charge is 2.28. The molecular weight excluding hydrogens is 206 g/mol. The molecule has 16 heavy (non-hydrogen) atoms. The Balaban J connectivity index is 1.73. The van der Waals surface area contributed by atoms with Gasteiger partial charge in [-0.1, -0.05) is 0 Å². The van der Waals surface area contributed by atoms with Crippen molar-refractivity contribution in [2.75, 3.05) is 6.54 Å². The molecule has 0 atom stereocenters. The first kappa shape index (κ1) is 10.7. The second-order valence-corrected chi connectivity index (χ2v) is 3.81. The van der Waals surface area contributed by atoms with Crippen LogP contribution in [0, 0.1) is 5.92 Å². The largest absolute Gasteiger partial charge is 0.465 e. The van der Waals surface area contributed by atoms with Crippen LogP contribution in [0.3, 0.4) is 0 Å². The van der Waals surface area contributed by atoms with Crippen LogP contribution in [0.1, 0.15) is 18.6 Å². The van der Waals surface area contributed by atoms with Crippen molar-refractivity contribution in [3.8, 4) is 0 Å². The zero-order valence-corrected chi connectivity index (χ0v) is 8.81. The van der Waals surface area contributed by atoms with Gasteiger partial charge in [0, 0.05) is 12.0 Å². The first-order chi connectivity index (χ1) is 7.75. The number of carbonyl (C=O) groups is 2. The van der Waals surface area contributed by atoms with Crippen LogP contribution in [-0.4, -0.2) is 18.2 Å². The van der Waals surface area contributed by atoms with Gasteiger partial charge < -0.3 is 9.73 Å². The molecule has 0 saturated heterocycles. The first-order valence-electron chi connectivity index (χ1n) is 5.28. The van der Waals surface area contributed by atoms with Gasteiger partial charge in [-0.2, -0.15) is 0 Å². The number of amides is 1. The quantitative estimate of drug-likeness (QED) is 0.761. The normalized spacial score (nSPS) is 15.2. The van der Waals surface area contributed by atoms with Crippen molar-refractivity contribution in [2.24, 2.45) is 5.92 Å². The Labute approximate surface area is 93.3 Å². The van der Waals surface area contributed by atoms with Crippen molar-refractivity contribution in [1.29, 1.82) is 0 Å². The minimum Gasteiger partial charge on any atom is -0.465 e. The number of nitrogens with one attached hydrogen (secondary N) is 1. The van der Waals surface area contributed by atoms with Crippen molar-refractivity contribution in [3.05, 3.63) is 30.2 Å². The Morgan fingerprint density at radius 1 is 1.50 bits per heavy atom. The molecular formula is C12H13NO3. The SMILES string of the molecule is O=C(/C=C/c1ccco1)NCC(=O)C1CC1. The van der Waals surface area contributed by atoms with Crippen molar-refractivity contribution < 1.29 is 14.0 Å². The molecule has 0 unspecified atom stereocenters. The molecule has 0 bridgehead atoms. The zero-order valence-electron chi connectivity index (χ0n) is 8.81. The third-order valence-corrected chi connectivity index (χ3v) is 2.41. The molecule has 1 aliphatic carbocycles. The average Bonchev–Trinajstić information content (AvgIpc) is 3.01. The van der Waals surface area contributed by atoms with Crippen LogP contribution in [0.5, 0.6) is 0 Å². The molecule has 0 spiro atoms. The molecule has 1 aliphatic rings. The molecule has 1 aromatic rings. The average molecular weight is 219 g/mol. The Bertz CT molecular complexity index is 402. The van der Waals surface area contributed by atoms with E-state index in [0.29, 0.717) is 5.76 Å². The summed E-state index contributed by atoms with van der Waals surface area (Å²) in [5.41, 5.74) is 0. The maximum Gasteiger partial charge on any atom is 0.244 e. The number of hydrogen-bond acceptors (Lipinski definition) is 3. The Morgan fingerprint density at radius 2 is 2.31 bits per heavy atom. The molecule has 0 aromatic carbocycles. The van der Waals surface area contributed by atoms with Gasteiger partial charge in [-0.3, -0.25) is 9.59 Å². The number of hydrogen-bond donors (Lipinski definition) is 1. The van der Waals surface area contributed by atoms with Gasteiger partial charge in [-0.15, -0.1) is 0 Å². The van der Waals surface area contributed by atoms with E-state index >= 15 is 0 Å². The molecule has 1 saturated carbocycles. The summed E-state index contributed by atoms with van der Waals surface area (Å²) < 4.78 is 5.02. The van der Waals surface area contributed by atoms with Crippen molar-refractivity contribution in [2.45, 2.75) is 12.8 Å². The lowest BCUT2D eigenvalue weighted by molar-refractivity contribution is -0.123. The predicted molar refractivity (Wildman–Crippen MR) is 58.5 cm³/mol. The fourth-order valence-corrected chi connectivity index (χ4v) is 1.33. The van der Waals surface area contributed by atoms with Crippen molar-refractivity contribution in [3.63, 3.8) is 0 Å². The van der Waals surface area contributed by atoms with Crippen LogP contribution in [0.2, 0.25) is 0 Å². The lowest BCUT2D eigenvalue weighted by Crippen LogP contribution is -2.28. The molecule has 1 fully saturated rings. The molecule has 1 aromatic heterocycles. The van der Waals surface area contributed by atoms with Crippen LogP contribution < -0.4 is 5.32 Å². The van der Waals surface area contributed by atoms with E-state index in [2.05, 4.69) is 5.32 Å². The third kappa shape index (κ3) is 3.08. The van der Waals surface area contributed by atoms with Gasteiger partial charge in [-0.05, 0) is 31.1 Å². The van der Waals surface area contributed by atoms with Gasteiger partial charge in [0.15, 0.2) is 5.78 Å². The minimum atomic E-state index is -0.273. The van der Waals surface area contributed by atoms with E-state index in [4.69, 9.17) is 4.42 Å². The third-order valence-electron chi connectivity index (χ3n) is 2.41. The summed E-state index contributed by atoms with van der Waals surface area (Å²) in [6.45, 7) is 0.131. The number of furan rings is 1. The minimum absolute atomic E-state index is 0.125. The van der Waals surface area contributed by atoms with Crippen LogP contribution in [0.25, 0.3) is 6.08 Å². The smallest absolute Gasteiger partial charge is 0.244 e. The van der Waals surface area contributed by atoms with E-state index in [1.54, 1.807) is 18.2 Å². The molecule has 0 aliphatic heterocycles. The highest BCUT2D eigenvalue weighted by atomic mass is 16.3. The summed E-state index contributed by atoms with van der Waals surface area (Å²) in [5, 5.41) is 2.55. The summed E-state index contributed by atoms with van der Waals surface area (Å²) in [6.07, 6.45) is 6.40. The maximum absolute atomic E-state index is 11.3. The molecule has 1 heterocycles. The molecule has 1 amide bonds. The van der Waals surface area contributed by atoms with E-state index < -0.39 is 0 Å². The van der Waals surface area contributed by atoms with Gasteiger partial charge in [0.2, 0.25) is 5.91 Å². The summed E-state index contributed by atoms with van der Waals surface area (Å²) in [5.74, 6) is 0.656. The van der Waals surface area contributed by atoms with Crippen LogP contribution in [0.15, 0.2) is 28.9 Å². The van der Waals surface area contributed by atoms with Crippen molar-refractivity contribution in [1.82, 2.24) is 5.32 Å². The Morgan fingerprint density at radius 3 is 2.94 bits per heavy atom. The molecule has 4 nitrogen and oxygen atoms in total. The van der Waals surface area contributed by atoms with Crippen LogP contribution >= 0.6 is 0 Å². The summed E-state index contributed by atoms with van der Waals surface area (Å²) in [6, 6.07) is 3.49. The summed E-state index contributed by atoms with van der Waals surface area (Å²) in [7, 11) is 0. The zero-order chi connectivity index (χ0) is 11.4. The highest BCUT2D eigenvalue weighted by molar-refractivity contribution is 5.95. The second-order valence-electron chi connectivity index (χ2n) is 3.81. The van der Waals surface area contributed by atoms with Crippen LogP contribution in [0.4, 0.5) is 0 Å². The lowest BCUT2D eigenvalue weighted by Gasteiger charge is -1.99. The molecule has 0 radical (unpaired) electrons. The Kier molecular flexibility index (Phi) is 3.19. The van der Waals surface area contributed by atoms with E-state index in [1.165, 1.54) is 12.3 Å². The van der Waals surface area contributed by atoms with E-state index in [9.17, 15) is 9.59 Å². The van der Waals surface area contributed by atoms with Crippen molar-refractivity contribution >= 4 is 17.8 Å². The molecule has 2 rings (SSSR count). The summed E-state index contributed by atoms with van der Waals surface area (Å²) in [4.78, 5) is 22.6. The van der Waals surface area contributed by atoms with Gasteiger partial charge in [0.1, 0.15) is 5.76 Å². The Hall–Kier alpha value is -1.84. The number of rotatable bonds is 5. The summed E-state index contributed by atoms with van der Waals surface area (Å²) >= 11 is 0. The van der Waals surface area contributed by atoms with E-state index in [-0.39, 0.29) is 24.2 Å². The molecule has 84 valence electrons. The topological polar surface area (TPSA) is 59.3 Å². The van der Waals surface area contributed by atoms with Gasteiger partial charge >= 0.3 is 0 Å². The monoisotopic (exact) mass is 219 g/mol. The van der Waals surface area contributed by atoms with Gasteiger partial charge in [0.05, 0.1) is 12.8 Å². The molecule has 1 N–H and O–H groups in total. The van der Waals surface area contributed by atoms with Gasteiger partial charge in [0.25, 0.3) is 0 Å². The van der Waals surface area contributed by atoms with Gasteiger partial charge in [-0.25, -0.2) is 0 Å². The number of ketones is 1. The second kappa shape index (κ2) is 4.79. The first-order valence-corrected chi connectivity index (χ1v) is 5.28. The van der Waals surface area contributed by atoms with Crippen LogP contribution in [-0.2, 0) is 9.59 Å². The standard InChI is InChI=1S/C12H13NO3/c14-11(9-3-4-9)8-13-12(15)6-5-10-2-1-7-16-10/h1-2,5-7,9H,3-4,8H2,(H,13,15)/b6-5+. The van der Waals surface area contributed by atoms with E-state index in [1.807, 2.05) is 0 Å². The fraction of sp³-hybridized carbons (Fsp3) is 0.333.